The Morgan fingerprint density at radius 2 is 2.04 bits per heavy atom. The molecular formula is C19H18N2O3. The van der Waals surface area contributed by atoms with Crippen molar-refractivity contribution >= 4 is 16.9 Å². The molecule has 0 bridgehead atoms. The van der Waals surface area contributed by atoms with Gasteiger partial charge in [0, 0.05) is 18.1 Å². The lowest BCUT2D eigenvalue weighted by atomic mass is 10.1. The number of aromatic nitrogens is 1. The summed E-state index contributed by atoms with van der Waals surface area (Å²) in [6.07, 6.45) is 5.68. The van der Waals surface area contributed by atoms with Gasteiger partial charge in [0.15, 0.2) is 5.75 Å². The van der Waals surface area contributed by atoms with Crippen LogP contribution in [0, 0.1) is 0 Å². The molecule has 3 aromatic rings. The maximum atomic E-state index is 12.1. The summed E-state index contributed by atoms with van der Waals surface area (Å²) in [5.41, 5.74) is 1.91. The summed E-state index contributed by atoms with van der Waals surface area (Å²) >= 11 is 0. The van der Waals surface area contributed by atoms with E-state index in [1.54, 1.807) is 18.3 Å². The minimum atomic E-state index is -0.515. The third-order valence-corrected chi connectivity index (χ3v) is 4.34. The highest BCUT2D eigenvalue weighted by atomic mass is 16.5. The molecule has 24 heavy (non-hydrogen) atoms. The molecule has 2 aromatic heterocycles. The Bertz CT molecular complexity index is 852. The smallest absolute Gasteiger partial charge is 0.379 e. The number of hydrogen-bond donors (Lipinski definition) is 0. The first-order valence-corrected chi connectivity index (χ1v) is 8.16. The van der Waals surface area contributed by atoms with Crippen molar-refractivity contribution in [2.75, 3.05) is 13.1 Å². The van der Waals surface area contributed by atoms with E-state index in [0.29, 0.717) is 11.3 Å². The van der Waals surface area contributed by atoms with E-state index in [4.69, 9.17) is 9.15 Å². The van der Waals surface area contributed by atoms with Gasteiger partial charge in [0.1, 0.15) is 5.52 Å². The highest BCUT2D eigenvalue weighted by Gasteiger charge is 2.17. The van der Waals surface area contributed by atoms with Gasteiger partial charge >= 0.3 is 5.97 Å². The molecule has 1 saturated heterocycles. The zero-order chi connectivity index (χ0) is 16.4. The van der Waals surface area contributed by atoms with Gasteiger partial charge in [-0.05, 0) is 55.8 Å². The summed E-state index contributed by atoms with van der Waals surface area (Å²) in [5, 5.41) is 1.02. The van der Waals surface area contributed by atoms with Crippen LogP contribution in [-0.4, -0.2) is 28.9 Å². The van der Waals surface area contributed by atoms with E-state index >= 15 is 0 Å². The van der Waals surface area contributed by atoms with Crippen LogP contribution in [-0.2, 0) is 6.54 Å². The van der Waals surface area contributed by atoms with Crippen molar-refractivity contribution in [3.8, 4) is 5.75 Å². The van der Waals surface area contributed by atoms with Crippen LogP contribution in [0.4, 0.5) is 0 Å². The molecule has 5 nitrogen and oxygen atoms in total. The van der Waals surface area contributed by atoms with E-state index in [1.807, 2.05) is 24.3 Å². The highest BCUT2D eigenvalue weighted by molar-refractivity contribution is 5.93. The zero-order valence-electron chi connectivity index (χ0n) is 13.3. The van der Waals surface area contributed by atoms with Crippen molar-refractivity contribution in [2.45, 2.75) is 19.4 Å². The summed E-state index contributed by atoms with van der Waals surface area (Å²) in [7, 11) is 0. The van der Waals surface area contributed by atoms with Gasteiger partial charge in [-0.1, -0.05) is 12.1 Å². The van der Waals surface area contributed by atoms with Gasteiger partial charge in [-0.25, -0.2) is 4.79 Å². The number of carbonyl (C=O) groups excluding carboxylic acids is 1. The fraction of sp³-hybridized carbons (Fsp3) is 0.263. The van der Waals surface area contributed by atoms with Gasteiger partial charge in [-0.3, -0.25) is 9.88 Å². The monoisotopic (exact) mass is 322 g/mol. The van der Waals surface area contributed by atoms with Gasteiger partial charge in [0.2, 0.25) is 5.76 Å². The van der Waals surface area contributed by atoms with Crippen molar-refractivity contribution in [1.82, 2.24) is 9.88 Å². The van der Waals surface area contributed by atoms with Crippen molar-refractivity contribution in [3.63, 3.8) is 0 Å². The maximum Gasteiger partial charge on any atom is 0.379 e. The number of benzene rings is 1. The molecule has 4 rings (SSSR count). The van der Waals surface area contributed by atoms with Crippen molar-refractivity contribution < 1.29 is 13.9 Å². The minimum Gasteiger partial charge on any atom is -0.457 e. The highest BCUT2D eigenvalue weighted by Crippen LogP contribution is 2.29. The number of ether oxygens (including phenoxy) is 1. The number of pyridine rings is 1. The van der Waals surface area contributed by atoms with Gasteiger partial charge in [-0.15, -0.1) is 0 Å². The normalized spacial score (nSPS) is 15.0. The van der Waals surface area contributed by atoms with E-state index in [9.17, 15) is 4.79 Å². The third-order valence-electron chi connectivity index (χ3n) is 4.34. The van der Waals surface area contributed by atoms with Crippen LogP contribution in [0.1, 0.15) is 29.0 Å². The predicted molar refractivity (Wildman–Crippen MR) is 89.9 cm³/mol. The molecular weight excluding hydrogens is 304 g/mol. The quantitative estimate of drug-likeness (QED) is 0.542. The molecule has 1 aliphatic heterocycles. The number of carbonyl (C=O) groups is 1. The molecule has 0 radical (unpaired) electrons. The van der Waals surface area contributed by atoms with Crippen LogP contribution in [0.15, 0.2) is 53.3 Å². The molecule has 0 aliphatic carbocycles. The molecule has 5 heteroatoms. The van der Waals surface area contributed by atoms with Crippen molar-refractivity contribution in [3.05, 3.63) is 60.2 Å². The van der Waals surface area contributed by atoms with Gasteiger partial charge in [-0.2, -0.15) is 0 Å². The summed E-state index contributed by atoms with van der Waals surface area (Å²) in [5.74, 6) is 0.122. The molecule has 0 amide bonds. The van der Waals surface area contributed by atoms with Crippen LogP contribution in [0.25, 0.3) is 10.9 Å². The average molecular weight is 322 g/mol. The molecule has 0 saturated carbocycles. The zero-order valence-corrected chi connectivity index (χ0v) is 13.3. The molecule has 3 heterocycles. The first-order valence-electron chi connectivity index (χ1n) is 8.16. The molecule has 1 fully saturated rings. The third kappa shape index (κ3) is 2.90. The van der Waals surface area contributed by atoms with Gasteiger partial charge in [0.05, 0.1) is 6.26 Å². The van der Waals surface area contributed by atoms with E-state index < -0.39 is 5.97 Å². The Balaban J connectivity index is 1.66. The Kier molecular flexibility index (Phi) is 4.01. The molecule has 1 aliphatic rings. The molecule has 0 spiro atoms. The van der Waals surface area contributed by atoms with Gasteiger partial charge in [0.25, 0.3) is 0 Å². The lowest BCUT2D eigenvalue weighted by Crippen LogP contribution is -2.18. The number of hydrogen-bond acceptors (Lipinski definition) is 5. The molecule has 0 unspecified atom stereocenters. The fourth-order valence-electron chi connectivity index (χ4n) is 3.15. The van der Waals surface area contributed by atoms with Crippen LogP contribution in [0.3, 0.4) is 0 Å². The van der Waals surface area contributed by atoms with Crippen molar-refractivity contribution in [1.29, 1.82) is 0 Å². The summed E-state index contributed by atoms with van der Waals surface area (Å²) < 4.78 is 10.6. The minimum absolute atomic E-state index is 0.181. The first-order chi connectivity index (χ1) is 11.8. The lowest BCUT2D eigenvalue weighted by molar-refractivity contribution is 0.0703. The van der Waals surface area contributed by atoms with E-state index in [1.165, 1.54) is 24.7 Å². The first kappa shape index (κ1) is 14.9. The standard InChI is InChI=1S/C19H18N2O3/c22-19(17-6-4-12-23-17)24-16-8-7-14(13-21-10-1-2-11-21)15-5-3-9-20-18(15)16/h3-9,12H,1-2,10-11,13H2. The Morgan fingerprint density at radius 1 is 1.17 bits per heavy atom. The number of fused-ring (bicyclic) bond motifs is 1. The summed E-state index contributed by atoms with van der Waals surface area (Å²) in [4.78, 5) is 19.0. The topological polar surface area (TPSA) is 55.6 Å². The van der Waals surface area contributed by atoms with Crippen LogP contribution >= 0.6 is 0 Å². The van der Waals surface area contributed by atoms with Gasteiger partial charge < -0.3 is 9.15 Å². The number of furan rings is 1. The number of rotatable bonds is 4. The largest absolute Gasteiger partial charge is 0.457 e. The second-order valence-corrected chi connectivity index (χ2v) is 5.97. The number of esters is 1. The van der Waals surface area contributed by atoms with Crippen LogP contribution in [0.5, 0.6) is 5.75 Å². The Morgan fingerprint density at radius 3 is 2.83 bits per heavy atom. The number of likely N-dealkylation sites (tertiary alicyclic amines) is 1. The molecule has 1 aromatic carbocycles. The van der Waals surface area contributed by atoms with Crippen LogP contribution in [0.2, 0.25) is 0 Å². The Hall–Kier alpha value is -2.66. The fourth-order valence-corrected chi connectivity index (χ4v) is 3.15. The van der Waals surface area contributed by atoms with E-state index in [0.717, 1.165) is 25.0 Å². The van der Waals surface area contributed by atoms with E-state index in [-0.39, 0.29) is 5.76 Å². The SMILES string of the molecule is O=C(Oc1ccc(CN2CCCC2)c2cccnc12)c1ccco1. The van der Waals surface area contributed by atoms with Crippen molar-refractivity contribution in [2.24, 2.45) is 0 Å². The Labute approximate surface area is 139 Å². The summed E-state index contributed by atoms with van der Waals surface area (Å²) in [6.45, 7) is 3.17. The maximum absolute atomic E-state index is 12.1. The molecule has 122 valence electrons. The van der Waals surface area contributed by atoms with E-state index in [2.05, 4.69) is 9.88 Å². The molecule has 0 N–H and O–H groups in total. The summed E-state index contributed by atoms with van der Waals surface area (Å²) in [6, 6.07) is 11.0. The second kappa shape index (κ2) is 6.45. The average Bonchev–Trinajstić information content (AvgIpc) is 3.30. The number of nitrogens with zero attached hydrogens (tertiary/aromatic N) is 2. The second-order valence-electron chi connectivity index (χ2n) is 5.97. The predicted octanol–water partition coefficient (Wildman–Crippen LogP) is 3.64. The molecule has 0 atom stereocenters. The lowest BCUT2D eigenvalue weighted by Gasteiger charge is -2.17. The van der Waals surface area contributed by atoms with Crippen LogP contribution < -0.4 is 4.74 Å².